The van der Waals surface area contributed by atoms with Crippen LogP contribution >= 0.6 is 11.6 Å². The van der Waals surface area contributed by atoms with Gasteiger partial charge in [0.25, 0.3) is 15.9 Å². The number of hydrogen-bond donors (Lipinski definition) is 1. The number of amides is 1. The third-order valence-corrected chi connectivity index (χ3v) is 5.85. The number of sulfonamides is 1. The number of methoxy groups -OCH3 is 1. The van der Waals surface area contributed by atoms with E-state index in [0.717, 1.165) is 0 Å². The molecule has 3 rings (SSSR count). The fourth-order valence-corrected chi connectivity index (χ4v) is 4.01. The number of furan rings is 1. The summed E-state index contributed by atoms with van der Waals surface area (Å²) in [6.45, 7) is 1.14. The summed E-state index contributed by atoms with van der Waals surface area (Å²) in [5.74, 6) is -0.236. The average molecular weight is 401 g/mol. The molecule has 1 N–H and O–H groups in total. The van der Waals surface area contributed by atoms with Crippen molar-refractivity contribution in [1.82, 2.24) is 4.31 Å². The molecule has 1 fully saturated rings. The van der Waals surface area contributed by atoms with Crippen LogP contribution in [0.3, 0.4) is 0 Å². The molecule has 1 saturated heterocycles. The number of hydrogen-bond acceptors (Lipinski definition) is 6. The smallest absolute Gasteiger partial charge is 0.291 e. The second-order valence-corrected chi connectivity index (χ2v) is 7.71. The van der Waals surface area contributed by atoms with E-state index in [4.69, 9.17) is 25.5 Å². The topological polar surface area (TPSA) is 98.1 Å². The van der Waals surface area contributed by atoms with Crippen molar-refractivity contribution in [3.63, 3.8) is 0 Å². The van der Waals surface area contributed by atoms with E-state index in [9.17, 15) is 13.2 Å². The summed E-state index contributed by atoms with van der Waals surface area (Å²) in [5.41, 5.74) is 0.426. The average Bonchev–Trinajstić information content (AvgIpc) is 3.14. The first-order valence-corrected chi connectivity index (χ1v) is 9.56. The Labute approximate surface area is 155 Å². The molecule has 0 unspecified atom stereocenters. The molecule has 1 amide bonds. The van der Waals surface area contributed by atoms with Crippen molar-refractivity contribution in [2.45, 2.75) is 5.09 Å². The first-order chi connectivity index (χ1) is 12.4. The van der Waals surface area contributed by atoms with Crippen molar-refractivity contribution in [3.8, 4) is 5.75 Å². The minimum Gasteiger partial charge on any atom is -0.495 e. The van der Waals surface area contributed by atoms with E-state index in [0.29, 0.717) is 29.7 Å². The number of ether oxygens (including phenoxy) is 2. The number of rotatable bonds is 5. The van der Waals surface area contributed by atoms with Gasteiger partial charge in [0, 0.05) is 18.8 Å². The van der Waals surface area contributed by atoms with E-state index in [1.165, 1.54) is 29.6 Å². The lowest BCUT2D eigenvalue weighted by molar-refractivity contribution is 0.0723. The number of benzene rings is 1. The summed E-state index contributed by atoms with van der Waals surface area (Å²) >= 11 is 6.01. The van der Waals surface area contributed by atoms with E-state index in [2.05, 4.69) is 5.32 Å². The van der Waals surface area contributed by atoms with Crippen LogP contribution < -0.4 is 10.1 Å². The highest BCUT2D eigenvalue weighted by molar-refractivity contribution is 7.89. The Morgan fingerprint density at radius 1 is 1.23 bits per heavy atom. The van der Waals surface area contributed by atoms with E-state index >= 15 is 0 Å². The largest absolute Gasteiger partial charge is 0.495 e. The van der Waals surface area contributed by atoms with Crippen LogP contribution in [-0.4, -0.2) is 52.0 Å². The summed E-state index contributed by atoms with van der Waals surface area (Å²) in [5, 5.41) is 2.65. The van der Waals surface area contributed by atoms with Crippen LogP contribution in [0.4, 0.5) is 5.69 Å². The summed E-state index contributed by atoms with van der Waals surface area (Å²) in [7, 11) is -2.31. The van der Waals surface area contributed by atoms with Gasteiger partial charge in [0.15, 0.2) is 5.76 Å². The standard InChI is InChI=1S/C16H17ClN2O6S/c1-23-13-3-2-11(10-12(13)17)18-16(20)14-4-5-15(25-14)26(21,22)19-6-8-24-9-7-19/h2-5,10H,6-9H2,1H3,(H,18,20). The van der Waals surface area contributed by atoms with Gasteiger partial charge in [-0.05, 0) is 30.3 Å². The van der Waals surface area contributed by atoms with Gasteiger partial charge in [-0.3, -0.25) is 4.79 Å². The minimum atomic E-state index is -3.79. The zero-order chi connectivity index (χ0) is 18.7. The molecule has 1 aliphatic heterocycles. The van der Waals surface area contributed by atoms with Gasteiger partial charge in [-0.15, -0.1) is 0 Å². The maximum Gasteiger partial charge on any atom is 0.291 e. The number of carbonyl (C=O) groups excluding carboxylic acids is 1. The molecular weight excluding hydrogens is 384 g/mol. The number of halogens is 1. The Morgan fingerprint density at radius 3 is 2.62 bits per heavy atom. The van der Waals surface area contributed by atoms with Crippen LogP contribution in [0, 0.1) is 0 Å². The van der Waals surface area contributed by atoms with Gasteiger partial charge in [-0.1, -0.05) is 11.6 Å². The first-order valence-electron chi connectivity index (χ1n) is 7.74. The van der Waals surface area contributed by atoms with Gasteiger partial charge >= 0.3 is 0 Å². The fraction of sp³-hybridized carbons (Fsp3) is 0.312. The van der Waals surface area contributed by atoms with Crippen LogP contribution in [-0.2, 0) is 14.8 Å². The van der Waals surface area contributed by atoms with Crippen LogP contribution in [0.25, 0.3) is 0 Å². The number of morpholine rings is 1. The number of nitrogens with zero attached hydrogens (tertiary/aromatic N) is 1. The zero-order valence-corrected chi connectivity index (χ0v) is 15.5. The van der Waals surface area contributed by atoms with Crippen molar-refractivity contribution in [2.24, 2.45) is 0 Å². The number of nitrogens with one attached hydrogen (secondary N) is 1. The van der Waals surface area contributed by atoms with Crippen LogP contribution in [0.2, 0.25) is 5.02 Å². The van der Waals surface area contributed by atoms with Gasteiger partial charge < -0.3 is 19.2 Å². The number of anilines is 1. The van der Waals surface area contributed by atoms with E-state index < -0.39 is 15.9 Å². The van der Waals surface area contributed by atoms with E-state index in [1.54, 1.807) is 12.1 Å². The molecule has 140 valence electrons. The summed E-state index contributed by atoms with van der Waals surface area (Å²) in [6.07, 6.45) is 0. The molecule has 10 heteroatoms. The molecule has 2 aromatic rings. The highest BCUT2D eigenvalue weighted by atomic mass is 35.5. The predicted octanol–water partition coefficient (Wildman–Crippen LogP) is 2.21. The highest BCUT2D eigenvalue weighted by Crippen LogP contribution is 2.27. The van der Waals surface area contributed by atoms with Crippen LogP contribution in [0.5, 0.6) is 5.75 Å². The predicted molar refractivity (Wildman–Crippen MR) is 94.2 cm³/mol. The Kier molecular flexibility index (Phi) is 5.52. The normalized spacial score (nSPS) is 15.6. The van der Waals surface area contributed by atoms with Crippen molar-refractivity contribution in [1.29, 1.82) is 0 Å². The third kappa shape index (κ3) is 3.85. The quantitative estimate of drug-likeness (QED) is 0.826. The molecule has 0 bridgehead atoms. The molecule has 0 spiro atoms. The van der Waals surface area contributed by atoms with Crippen LogP contribution in [0.15, 0.2) is 39.8 Å². The van der Waals surface area contributed by atoms with Crippen molar-refractivity contribution >= 4 is 33.2 Å². The zero-order valence-electron chi connectivity index (χ0n) is 13.9. The van der Waals surface area contributed by atoms with Gasteiger partial charge in [-0.25, -0.2) is 8.42 Å². The second-order valence-electron chi connectivity index (χ2n) is 5.44. The molecule has 1 aromatic carbocycles. The van der Waals surface area contributed by atoms with E-state index in [1.807, 2.05) is 0 Å². The lowest BCUT2D eigenvalue weighted by Gasteiger charge is -2.24. The molecule has 0 radical (unpaired) electrons. The third-order valence-electron chi connectivity index (χ3n) is 3.78. The van der Waals surface area contributed by atoms with E-state index in [-0.39, 0.29) is 23.9 Å². The maximum absolute atomic E-state index is 12.5. The molecule has 8 nitrogen and oxygen atoms in total. The lowest BCUT2D eigenvalue weighted by atomic mass is 10.3. The molecule has 0 saturated carbocycles. The SMILES string of the molecule is COc1ccc(NC(=O)c2ccc(S(=O)(=O)N3CCOCC3)o2)cc1Cl. The van der Waals surface area contributed by atoms with Crippen molar-refractivity contribution in [2.75, 3.05) is 38.7 Å². The van der Waals surface area contributed by atoms with Crippen molar-refractivity contribution < 1.29 is 27.1 Å². The van der Waals surface area contributed by atoms with Gasteiger partial charge in [0.05, 0.1) is 25.3 Å². The Balaban J connectivity index is 1.74. The Bertz CT molecular complexity index is 905. The maximum atomic E-state index is 12.5. The molecule has 1 aliphatic rings. The molecule has 26 heavy (non-hydrogen) atoms. The summed E-state index contributed by atoms with van der Waals surface area (Å²) < 4.78 is 41.7. The first kappa shape index (κ1) is 18.7. The molecule has 2 heterocycles. The molecule has 0 atom stereocenters. The highest BCUT2D eigenvalue weighted by Gasteiger charge is 2.30. The van der Waals surface area contributed by atoms with Gasteiger partial charge in [0.1, 0.15) is 5.75 Å². The molecular formula is C16H17ClN2O6S. The monoisotopic (exact) mass is 400 g/mol. The number of carbonyl (C=O) groups is 1. The lowest BCUT2D eigenvalue weighted by Crippen LogP contribution is -2.40. The second kappa shape index (κ2) is 7.67. The van der Waals surface area contributed by atoms with Crippen molar-refractivity contribution in [3.05, 3.63) is 41.1 Å². The summed E-state index contributed by atoms with van der Waals surface area (Å²) in [6, 6.07) is 7.31. The van der Waals surface area contributed by atoms with Crippen LogP contribution in [0.1, 0.15) is 10.6 Å². The van der Waals surface area contributed by atoms with Gasteiger partial charge in [-0.2, -0.15) is 4.31 Å². The van der Waals surface area contributed by atoms with Gasteiger partial charge in [0.2, 0.25) is 5.09 Å². The Morgan fingerprint density at radius 2 is 1.96 bits per heavy atom. The Hall–Kier alpha value is -2.07. The fourth-order valence-electron chi connectivity index (χ4n) is 2.43. The minimum absolute atomic E-state index is 0.122. The summed E-state index contributed by atoms with van der Waals surface area (Å²) in [4.78, 5) is 12.3. The molecule has 1 aromatic heterocycles. The molecule has 0 aliphatic carbocycles.